The lowest BCUT2D eigenvalue weighted by Gasteiger charge is -2.14. The second-order valence-electron chi connectivity index (χ2n) is 3.99. The molecule has 0 amide bonds. The highest BCUT2D eigenvalue weighted by Crippen LogP contribution is 2.31. The van der Waals surface area contributed by atoms with Crippen molar-refractivity contribution in [2.45, 2.75) is 19.4 Å². The molecule has 0 radical (unpaired) electrons. The molecule has 2 aromatic rings. The number of para-hydroxylation sites is 2. The Kier molecular flexibility index (Phi) is 3.95. The summed E-state index contributed by atoms with van der Waals surface area (Å²) < 4.78 is 19.0. The molecule has 2 aromatic carbocycles. The quantitative estimate of drug-likeness (QED) is 0.881. The second kappa shape index (κ2) is 5.65. The van der Waals surface area contributed by atoms with Crippen molar-refractivity contribution < 1.29 is 14.2 Å². The fourth-order valence-electron chi connectivity index (χ4n) is 1.71. The van der Waals surface area contributed by atoms with Gasteiger partial charge in [0.2, 0.25) is 0 Å². The van der Waals surface area contributed by atoms with Crippen LogP contribution in [0.4, 0.5) is 4.39 Å². The van der Waals surface area contributed by atoms with E-state index in [1.807, 2.05) is 13.0 Å². The number of rotatable bonds is 4. The van der Waals surface area contributed by atoms with Crippen molar-refractivity contribution in [3.05, 3.63) is 59.9 Å². The van der Waals surface area contributed by atoms with Gasteiger partial charge in [-0.05, 0) is 24.6 Å². The molecule has 0 aliphatic rings. The third-order valence-corrected chi connectivity index (χ3v) is 2.72. The Morgan fingerprint density at radius 2 is 1.67 bits per heavy atom. The minimum absolute atomic E-state index is 0.160. The van der Waals surface area contributed by atoms with Gasteiger partial charge in [-0.15, -0.1) is 0 Å². The van der Waals surface area contributed by atoms with Crippen LogP contribution in [0.5, 0.6) is 11.5 Å². The van der Waals surface area contributed by atoms with E-state index in [-0.39, 0.29) is 5.75 Å². The predicted octanol–water partition coefficient (Wildman–Crippen LogP) is 4.06. The van der Waals surface area contributed by atoms with Crippen LogP contribution in [-0.2, 0) is 0 Å². The Labute approximate surface area is 106 Å². The largest absolute Gasteiger partial charge is 0.454 e. The summed E-state index contributed by atoms with van der Waals surface area (Å²) in [6, 6.07) is 13.3. The number of aliphatic hydroxyl groups is 1. The highest BCUT2D eigenvalue weighted by atomic mass is 19.1. The molecule has 0 saturated carbocycles. The van der Waals surface area contributed by atoms with E-state index in [9.17, 15) is 9.50 Å². The third-order valence-electron chi connectivity index (χ3n) is 2.72. The number of hydrogen-bond acceptors (Lipinski definition) is 2. The lowest BCUT2D eigenvalue weighted by atomic mass is 10.1. The van der Waals surface area contributed by atoms with Crippen molar-refractivity contribution in [1.82, 2.24) is 0 Å². The van der Waals surface area contributed by atoms with Crippen LogP contribution < -0.4 is 4.74 Å². The van der Waals surface area contributed by atoms with Gasteiger partial charge in [-0.2, -0.15) is 0 Å². The van der Waals surface area contributed by atoms with Crippen molar-refractivity contribution >= 4 is 0 Å². The van der Waals surface area contributed by atoms with Gasteiger partial charge in [-0.25, -0.2) is 4.39 Å². The van der Waals surface area contributed by atoms with Gasteiger partial charge in [-0.3, -0.25) is 0 Å². The van der Waals surface area contributed by atoms with Crippen molar-refractivity contribution in [2.24, 2.45) is 0 Å². The van der Waals surface area contributed by atoms with Crippen LogP contribution in [0.15, 0.2) is 48.5 Å². The van der Waals surface area contributed by atoms with Gasteiger partial charge in [0.15, 0.2) is 11.6 Å². The fourth-order valence-corrected chi connectivity index (χ4v) is 1.71. The van der Waals surface area contributed by atoms with Crippen molar-refractivity contribution in [2.75, 3.05) is 0 Å². The number of aliphatic hydroxyl groups excluding tert-OH is 1. The minimum atomic E-state index is -0.604. The van der Waals surface area contributed by atoms with Crippen LogP contribution in [0.3, 0.4) is 0 Å². The normalized spacial score (nSPS) is 12.2. The van der Waals surface area contributed by atoms with E-state index in [2.05, 4.69) is 0 Å². The monoisotopic (exact) mass is 246 g/mol. The van der Waals surface area contributed by atoms with E-state index in [1.54, 1.807) is 36.4 Å². The molecule has 3 heteroatoms. The maximum atomic E-state index is 13.5. The summed E-state index contributed by atoms with van der Waals surface area (Å²) >= 11 is 0. The lowest BCUT2D eigenvalue weighted by molar-refractivity contribution is 0.170. The lowest BCUT2D eigenvalue weighted by Crippen LogP contribution is -1.99. The maximum Gasteiger partial charge on any atom is 0.165 e. The van der Waals surface area contributed by atoms with E-state index < -0.39 is 11.9 Å². The SMILES string of the molecule is CC[C@@H](O)c1ccccc1Oc1ccccc1F. The van der Waals surface area contributed by atoms with E-state index >= 15 is 0 Å². The van der Waals surface area contributed by atoms with Crippen molar-refractivity contribution in [1.29, 1.82) is 0 Å². The zero-order valence-corrected chi connectivity index (χ0v) is 10.1. The van der Waals surface area contributed by atoms with Gasteiger partial charge in [0.1, 0.15) is 5.75 Å². The first kappa shape index (κ1) is 12.6. The Hall–Kier alpha value is -1.87. The van der Waals surface area contributed by atoms with Gasteiger partial charge in [-0.1, -0.05) is 37.3 Å². The summed E-state index contributed by atoms with van der Waals surface area (Å²) in [5.74, 6) is 0.225. The number of hydrogen-bond donors (Lipinski definition) is 1. The first-order valence-electron chi connectivity index (χ1n) is 5.91. The molecule has 0 fully saturated rings. The number of benzene rings is 2. The summed E-state index contributed by atoms with van der Waals surface area (Å²) in [5, 5.41) is 9.88. The van der Waals surface area contributed by atoms with Gasteiger partial charge >= 0.3 is 0 Å². The van der Waals surface area contributed by atoms with E-state index in [0.717, 1.165) is 0 Å². The van der Waals surface area contributed by atoms with Crippen LogP contribution in [0.25, 0.3) is 0 Å². The molecule has 2 nitrogen and oxygen atoms in total. The molecule has 18 heavy (non-hydrogen) atoms. The standard InChI is InChI=1S/C15H15FO2/c1-2-13(17)11-7-3-5-9-14(11)18-15-10-6-4-8-12(15)16/h3-10,13,17H,2H2,1H3/t13-/m1/s1. The van der Waals surface area contributed by atoms with Crippen LogP contribution >= 0.6 is 0 Å². The van der Waals surface area contributed by atoms with Gasteiger partial charge in [0.05, 0.1) is 6.10 Å². The summed E-state index contributed by atoms with van der Waals surface area (Å²) in [4.78, 5) is 0. The maximum absolute atomic E-state index is 13.5. The molecule has 0 saturated heterocycles. The van der Waals surface area contributed by atoms with Crippen molar-refractivity contribution in [3.8, 4) is 11.5 Å². The zero-order valence-electron chi connectivity index (χ0n) is 10.1. The average molecular weight is 246 g/mol. The molecule has 0 aliphatic carbocycles. The van der Waals surface area contributed by atoms with Gasteiger partial charge < -0.3 is 9.84 Å². The van der Waals surface area contributed by atoms with Crippen LogP contribution in [0, 0.1) is 5.82 Å². The summed E-state index contributed by atoms with van der Waals surface area (Å²) in [5.41, 5.74) is 0.670. The fraction of sp³-hybridized carbons (Fsp3) is 0.200. The Morgan fingerprint density at radius 3 is 2.33 bits per heavy atom. The molecule has 2 rings (SSSR count). The van der Waals surface area contributed by atoms with E-state index in [4.69, 9.17) is 4.74 Å². The molecule has 0 bridgehead atoms. The molecule has 0 spiro atoms. The van der Waals surface area contributed by atoms with Gasteiger partial charge in [0.25, 0.3) is 0 Å². The Balaban J connectivity index is 2.32. The molecular weight excluding hydrogens is 231 g/mol. The molecule has 0 heterocycles. The Morgan fingerprint density at radius 1 is 1.06 bits per heavy atom. The minimum Gasteiger partial charge on any atom is -0.454 e. The van der Waals surface area contributed by atoms with E-state index in [1.165, 1.54) is 6.07 Å². The molecule has 0 aliphatic heterocycles. The zero-order chi connectivity index (χ0) is 13.0. The number of ether oxygens (including phenoxy) is 1. The van der Waals surface area contributed by atoms with Crippen LogP contribution in [-0.4, -0.2) is 5.11 Å². The molecule has 1 atom stereocenters. The first-order valence-corrected chi connectivity index (χ1v) is 5.91. The molecule has 1 N–H and O–H groups in total. The highest BCUT2D eigenvalue weighted by Gasteiger charge is 2.12. The molecule has 0 unspecified atom stereocenters. The second-order valence-corrected chi connectivity index (χ2v) is 3.99. The third kappa shape index (κ3) is 2.68. The summed E-state index contributed by atoms with van der Waals surface area (Å²) in [6.45, 7) is 1.88. The average Bonchev–Trinajstić information content (AvgIpc) is 2.41. The topological polar surface area (TPSA) is 29.5 Å². The highest BCUT2D eigenvalue weighted by molar-refractivity contribution is 5.39. The first-order chi connectivity index (χ1) is 8.72. The predicted molar refractivity (Wildman–Crippen MR) is 68.2 cm³/mol. The number of halogens is 1. The van der Waals surface area contributed by atoms with Crippen LogP contribution in [0.2, 0.25) is 0 Å². The summed E-state index contributed by atoms with van der Waals surface area (Å²) in [6.07, 6.45) is -0.0227. The Bertz CT molecular complexity index is 525. The molecular formula is C15H15FO2. The summed E-state index contributed by atoms with van der Waals surface area (Å²) in [7, 11) is 0. The molecule has 0 aromatic heterocycles. The van der Waals surface area contributed by atoms with Crippen LogP contribution in [0.1, 0.15) is 25.0 Å². The van der Waals surface area contributed by atoms with Crippen molar-refractivity contribution in [3.63, 3.8) is 0 Å². The molecule has 94 valence electrons. The van der Waals surface area contributed by atoms with Gasteiger partial charge in [0, 0.05) is 5.56 Å². The smallest absolute Gasteiger partial charge is 0.165 e. The van der Waals surface area contributed by atoms with E-state index in [0.29, 0.717) is 17.7 Å².